The van der Waals surface area contributed by atoms with Crippen molar-refractivity contribution in [1.82, 2.24) is 0 Å². The minimum Gasteiger partial charge on any atom is -0.367 e. The van der Waals surface area contributed by atoms with E-state index in [1.54, 1.807) is 4.90 Å². The molecule has 1 saturated heterocycles. The average molecular weight is 240 g/mol. The monoisotopic (exact) mass is 240 g/mol. The Morgan fingerprint density at radius 2 is 2.00 bits per heavy atom. The summed E-state index contributed by atoms with van der Waals surface area (Å²) in [5, 5.41) is 0. The molecule has 4 heteroatoms. The predicted molar refractivity (Wildman–Crippen MR) is 64.9 cm³/mol. The highest BCUT2D eigenvalue weighted by Crippen LogP contribution is 2.30. The Balaban J connectivity index is 2.27. The Labute approximate surface area is 100 Å². The Morgan fingerprint density at radius 3 is 2.47 bits per heavy atom. The maximum absolute atomic E-state index is 13.8. The molecule has 1 aliphatic rings. The normalized spacial score (nSPS) is 20.0. The van der Waals surface area contributed by atoms with Gasteiger partial charge in [0.2, 0.25) is 0 Å². The molecule has 1 aromatic rings. The zero-order valence-electron chi connectivity index (χ0n) is 10.0. The second-order valence-electron chi connectivity index (χ2n) is 4.62. The molecule has 1 aliphatic heterocycles. The van der Waals surface area contributed by atoms with Crippen LogP contribution in [0.15, 0.2) is 12.1 Å². The van der Waals surface area contributed by atoms with Crippen molar-refractivity contribution >= 4 is 5.69 Å². The van der Waals surface area contributed by atoms with Crippen LogP contribution in [0.2, 0.25) is 0 Å². The van der Waals surface area contributed by atoms with Crippen molar-refractivity contribution in [3.63, 3.8) is 0 Å². The van der Waals surface area contributed by atoms with Gasteiger partial charge in [-0.15, -0.1) is 0 Å². The summed E-state index contributed by atoms with van der Waals surface area (Å²) < 4.78 is 27.7. The van der Waals surface area contributed by atoms with Crippen LogP contribution >= 0.6 is 0 Å². The Hall–Kier alpha value is -1.16. The first-order valence-corrected chi connectivity index (χ1v) is 6.08. The summed E-state index contributed by atoms with van der Waals surface area (Å²) in [6.07, 6.45) is 2.06. The molecule has 0 aliphatic carbocycles. The van der Waals surface area contributed by atoms with E-state index in [-0.39, 0.29) is 12.2 Å². The third-order valence-electron chi connectivity index (χ3n) is 3.49. The van der Waals surface area contributed by atoms with Crippen LogP contribution in [-0.4, -0.2) is 13.1 Å². The molecule has 1 atom stereocenters. The zero-order chi connectivity index (χ0) is 12.4. The van der Waals surface area contributed by atoms with Crippen molar-refractivity contribution in [1.29, 1.82) is 0 Å². The van der Waals surface area contributed by atoms with Gasteiger partial charge in [-0.2, -0.15) is 0 Å². The van der Waals surface area contributed by atoms with E-state index < -0.39 is 11.6 Å². The molecular weight excluding hydrogens is 222 g/mol. The van der Waals surface area contributed by atoms with Gasteiger partial charge in [-0.1, -0.05) is 13.3 Å². The van der Waals surface area contributed by atoms with E-state index in [0.717, 1.165) is 25.9 Å². The van der Waals surface area contributed by atoms with Crippen molar-refractivity contribution in [3.8, 4) is 0 Å². The molecule has 2 nitrogen and oxygen atoms in total. The number of rotatable bonds is 3. The molecule has 2 rings (SSSR count). The molecule has 0 saturated carbocycles. The molecule has 0 radical (unpaired) electrons. The minimum absolute atomic E-state index is 0.109. The minimum atomic E-state index is -0.498. The van der Waals surface area contributed by atoms with Crippen molar-refractivity contribution in [2.45, 2.75) is 26.3 Å². The quantitative estimate of drug-likeness (QED) is 0.880. The van der Waals surface area contributed by atoms with Gasteiger partial charge < -0.3 is 10.6 Å². The second kappa shape index (κ2) is 5.00. The van der Waals surface area contributed by atoms with Crippen LogP contribution in [-0.2, 0) is 6.54 Å². The molecule has 2 N–H and O–H groups in total. The Bertz CT molecular complexity index is 383. The first kappa shape index (κ1) is 12.3. The zero-order valence-corrected chi connectivity index (χ0v) is 10.0. The number of nitrogens with two attached hydrogens (primary N) is 1. The van der Waals surface area contributed by atoms with Crippen LogP contribution in [0.5, 0.6) is 0 Å². The van der Waals surface area contributed by atoms with Gasteiger partial charge in [0.05, 0.1) is 0 Å². The van der Waals surface area contributed by atoms with Crippen molar-refractivity contribution in [2.24, 2.45) is 11.7 Å². The standard InChI is InChI=1S/C13H18F2N2/c1-2-9-3-4-17(8-9)13-11(14)5-10(7-16)6-12(13)15/h5-6,9H,2-4,7-8,16H2,1H3. The number of hydrogen-bond acceptors (Lipinski definition) is 2. The Kier molecular flexibility index (Phi) is 3.62. The fourth-order valence-electron chi connectivity index (χ4n) is 2.41. The van der Waals surface area contributed by atoms with Gasteiger partial charge in [0, 0.05) is 19.6 Å². The second-order valence-corrected chi connectivity index (χ2v) is 4.62. The van der Waals surface area contributed by atoms with Gasteiger partial charge in [0.15, 0.2) is 0 Å². The van der Waals surface area contributed by atoms with E-state index >= 15 is 0 Å². The molecular formula is C13H18F2N2. The molecule has 0 bridgehead atoms. The average Bonchev–Trinajstić information content (AvgIpc) is 2.76. The summed E-state index contributed by atoms with van der Waals surface area (Å²) in [6, 6.07) is 2.66. The third-order valence-corrected chi connectivity index (χ3v) is 3.49. The fraction of sp³-hybridized carbons (Fsp3) is 0.538. The number of anilines is 1. The lowest BCUT2D eigenvalue weighted by Gasteiger charge is -2.20. The first-order valence-electron chi connectivity index (χ1n) is 6.08. The maximum atomic E-state index is 13.8. The first-order chi connectivity index (χ1) is 8.15. The predicted octanol–water partition coefficient (Wildman–Crippen LogP) is 2.66. The van der Waals surface area contributed by atoms with Crippen molar-refractivity contribution in [3.05, 3.63) is 29.3 Å². The van der Waals surface area contributed by atoms with E-state index in [4.69, 9.17) is 5.73 Å². The number of halogens is 2. The molecule has 0 aromatic heterocycles. The van der Waals surface area contributed by atoms with Crippen LogP contribution in [0.1, 0.15) is 25.3 Å². The van der Waals surface area contributed by atoms with Gasteiger partial charge in [-0.25, -0.2) is 8.78 Å². The topological polar surface area (TPSA) is 29.3 Å². The van der Waals surface area contributed by atoms with Gasteiger partial charge >= 0.3 is 0 Å². The van der Waals surface area contributed by atoms with Crippen molar-refractivity contribution in [2.75, 3.05) is 18.0 Å². The molecule has 1 aromatic carbocycles. The molecule has 1 unspecified atom stereocenters. The van der Waals surface area contributed by atoms with Crippen molar-refractivity contribution < 1.29 is 8.78 Å². The number of benzene rings is 1. The van der Waals surface area contributed by atoms with Gasteiger partial charge in [0.1, 0.15) is 17.3 Å². The van der Waals surface area contributed by atoms with Crippen LogP contribution in [0.25, 0.3) is 0 Å². The van der Waals surface area contributed by atoms with E-state index in [1.807, 2.05) is 0 Å². The third kappa shape index (κ3) is 2.41. The summed E-state index contributed by atoms with van der Waals surface area (Å²) >= 11 is 0. The van der Waals surface area contributed by atoms with E-state index in [1.165, 1.54) is 12.1 Å². The lowest BCUT2D eigenvalue weighted by Crippen LogP contribution is -2.22. The Morgan fingerprint density at radius 1 is 1.35 bits per heavy atom. The lowest BCUT2D eigenvalue weighted by molar-refractivity contribution is 0.557. The van der Waals surface area contributed by atoms with E-state index in [0.29, 0.717) is 11.5 Å². The molecule has 0 spiro atoms. The highest BCUT2D eigenvalue weighted by atomic mass is 19.1. The summed E-state index contributed by atoms with van der Waals surface area (Å²) in [7, 11) is 0. The molecule has 1 heterocycles. The summed E-state index contributed by atoms with van der Waals surface area (Å²) in [5.41, 5.74) is 5.99. The van der Waals surface area contributed by atoms with Crippen LogP contribution in [0, 0.1) is 17.6 Å². The molecule has 94 valence electrons. The summed E-state index contributed by atoms with van der Waals surface area (Å²) in [5.74, 6) is -0.451. The highest BCUT2D eigenvalue weighted by molar-refractivity contribution is 5.51. The van der Waals surface area contributed by atoms with Gasteiger partial charge in [-0.3, -0.25) is 0 Å². The van der Waals surface area contributed by atoms with Gasteiger partial charge in [-0.05, 0) is 30.0 Å². The summed E-state index contributed by atoms with van der Waals surface area (Å²) in [6.45, 7) is 3.74. The lowest BCUT2D eigenvalue weighted by atomic mass is 10.1. The van der Waals surface area contributed by atoms with E-state index in [9.17, 15) is 8.78 Å². The maximum Gasteiger partial charge on any atom is 0.149 e. The van der Waals surface area contributed by atoms with Crippen LogP contribution in [0.4, 0.5) is 14.5 Å². The van der Waals surface area contributed by atoms with Crippen LogP contribution < -0.4 is 10.6 Å². The molecule has 17 heavy (non-hydrogen) atoms. The SMILES string of the molecule is CCC1CCN(c2c(F)cc(CN)cc2F)C1. The number of nitrogens with zero attached hydrogens (tertiary/aromatic N) is 1. The smallest absolute Gasteiger partial charge is 0.149 e. The summed E-state index contributed by atoms with van der Waals surface area (Å²) in [4.78, 5) is 1.80. The molecule has 1 fully saturated rings. The van der Waals surface area contributed by atoms with E-state index in [2.05, 4.69) is 6.92 Å². The van der Waals surface area contributed by atoms with Crippen LogP contribution in [0.3, 0.4) is 0 Å². The number of hydrogen-bond donors (Lipinski definition) is 1. The van der Waals surface area contributed by atoms with Gasteiger partial charge in [0.25, 0.3) is 0 Å². The largest absolute Gasteiger partial charge is 0.367 e. The molecule has 0 amide bonds. The highest BCUT2D eigenvalue weighted by Gasteiger charge is 2.25. The fourth-order valence-corrected chi connectivity index (χ4v) is 2.41.